The molecule has 4 aromatic rings. The molecule has 2 N–H and O–H groups in total. The number of sulfonamides is 1. The zero-order valence-electron chi connectivity index (χ0n) is 20.7. The van der Waals surface area contributed by atoms with E-state index >= 15 is 0 Å². The fourth-order valence-electron chi connectivity index (χ4n) is 3.73. The topological polar surface area (TPSA) is 97.4 Å². The van der Waals surface area contributed by atoms with Crippen LogP contribution in [0, 0.1) is 13.8 Å². The number of para-hydroxylation sites is 1. The van der Waals surface area contributed by atoms with Gasteiger partial charge in [-0.3, -0.25) is 9.52 Å². The molecule has 0 radical (unpaired) electrons. The van der Waals surface area contributed by atoms with Gasteiger partial charge < -0.3 is 10.1 Å². The summed E-state index contributed by atoms with van der Waals surface area (Å²) in [5.41, 5.74) is 3.93. The van der Waals surface area contributed by atoms with Crippen LogP contribution in [0.4, 0.5) is 11.4 Å². The van der Waals surface area contributed by atoms with E-state index in [0.717, 1.165) is 16.7 Å². The maximum atomic E-state index is 13.4. The van der Waals surface area contributed by atoms with Crippen molar-refractivity contribution in [3.63, 3.8) is 0 Å². The highest BCUT2D eigenvalue weighted by molar-refractivity contribution is 7.98. The minimum Gasteiger partial charge on any atom is -0.495 e. The highest BCUT2D eigenvalue weighted by Crippen LogP contribution is 2.31. The largest absolute Gasteiger partial charge is 0.495 e. The van der Waals surface area contributed by atoms with Gasteiger partial charge in [-0.2, -0.15) is 0 Å². The van der Waals surface area contributed by atoms with Gasteiger partial charge in [-0.05, 0) is 60.9 Å². The molecular weight excluding hydrogens is 506 g/mol. The Morgan fingerprint density at radius 1 is 0.946 bits per heavy atom. The van der Waals surface area contributed by atoms with Gasteiger partial charge in [0.05, 0.1) is 18.4 Å². The molecule has 0 bridgehead atoms. The lowest BCUT2D eigenvalue weighted by Gasteiger charge is -2.16. The fourth-order valence-corrected chi connectivity index (χ4v) is 6.08. The van der Waals surface area contributed by atoms with Crippen LogP contribution in [0.2, 0.25) is 0 Å². The molecule has 0 spiro atoms. The number of methoxy groups -OCH3 is 1. The number of thioether (sulfide) groups is 1. The molecule has 0 saturated heterocycles. The van der Waals surface area contributed by atoms with Crippen LogP contribution in [-0.4, -0.2) is 26.4 Å². The van der Waals surface area contributed by atoms with Crippen molar-refractivity contribution in [2.75, 3.05) is 17.1 Å². The van der Waals surface area contributed by atoms with E-state index in [4.69, 9.17) is 4.74 Å². The second-order valence-corrected chi connectivity index (χ2v) is 10.9. The van der Waals surface area contributed by atoms with Crippen molar-refractivity contribution in [2.24, 2.45) is 0 Å². The Bertz CT molecular complexity index is 1500. The first-order valence-corrected chi connectivity index (χ1v) is 14.0. The van der Waals surface area contributed by atoms with E-state index in [1.54, 1.807) is 24.4 Å². The second-order valence-electron chi connectivity index (χ2n) is 8.32. The summed E-state index contributed by atoms with van der Waals surface area (Å²) in [6, 6.07) is 23.3. The molecule has 0 aliphatic carbocycles. The number of hydrogen-bond donors (Lipinski definition) is 2. The first-order chi connectivity index (χ1) is 17.8. The number of amides is 1. The van der Waals surface area contributed by atoms with Crippen molar-refractivity contribution in [3.8, 4) is 5.75 Å². The Morgan fingerprint density at radius 2 is 1.68 bits per heavy atom. The summed E-state index contributed by atoms with van der Waals surface area (Å²) in [5, 5.41) is 3.39. The minimum absolute atomic E-state index is 0.0830. The smallest absolute Gasteiger partial charge is 0.265 e. The third-order valence-corrected chi connectivity index (χ3v) is 8.11. The molecule has 0 aliphatic heterocycles. The Labute approximate surface area is 221 Å². The Hall–Kier alpha value is -3.82. The number of rotatable bonds is 9. The Balaban J connectivity index is 1.58. The van der Waals surface area contributed by atoms with Crippen LogP contribution in [0.1, 0.15) is 27.0 Å². The van der Waals surface area contributed by atoms with E-state index in [-0.39, 0.29) is 16.6 Å². The number of carbonyl (C=O) groups excluding carboxylic acids is 1. The maximum Gasteiger partial charge on any atom is 0.265 e. The number of aryl methyl sites for hydroxylation is 2. The van der Waals surface area contributed by atoms with E-state index in [9.17, 15) is 13.2 Å². The predicted octanol–water partition coefficient (Wildman–Crippen LogP) is 6.05. The van der Waals surface area contributed by atoms with Crippen molar-refractivity contribution >= 4 is 39.1 Å². The summed E-state index contributed by atoms with van der Waals surface area (Å²) in [4.78, 5) is 17.5. The number of aromatic nitrogens is 1. The Morgan fingerprint density at radius 3 is 2.38 bits per heavy atom. The number of hydrogen-bond acceptors (Lipinski definition) is 6. The van der Waals surface area contributed by atoms with Crippen LogP contribution in [0.25, 0.3) is 0 Å². The van der Waals surface area contributed by atoms with E-state index < -0.39 is 10.0 Å². The van der Waals surface area contributed by atoms with Crippen molar-refractivity contribution < 1.29 is 17.9 Å². The van der Waals surface area contributed by atoms with Gasteiger partial charge in [-0.15, -0.1) is 11.8 Å². The van der Waals surface area contributed by atoms with Crippen LogP contribution in [-0.2, 0) is 15.8 Å². The fraction of sp³-hybridized carbons (Fsp3) is 0.143. The molecule has 1 heterocycles. The molecule has 0 aliphatic rings. The molecule has 9 heteroatoms. The molecule has 0 unspecified atom stereocenters. The number of anilines is 2. The van der Waals surface area contributed by atoms with Crippen molar-refractivity contribution in [3.05, 3.63) is 107 Å². The highest BCUT2D eigenvalue weighted by Gasteiger charge is 2.23. The third-order valence-electron chi connectivity index (χ3n) is 5.66. The van der Waals surface area contributed by atoms with Crippen LogP contribution in [0.5, 0.6) is 5.75 Å². The van der Waals surface area contributed by atoms with E-state index in [1.165, 1.54) is 31.0 Å². The van der Waals surface area contributed by atoms with Gasteiger partial charge in [0.25, 0.3) is 15.9 Å². The van der Waals surface area contributed by atoms with Gasteiger partial charge in [0.1, 0.15) is 15.7 Å². The van der Waals surface area contributed by atoms with Crippen molar-refractivity contribution in [1.29, 1.82) is 0 Å². The SMILES string of the molecule is COc1ccc(NC(=O)c2cccnc2SCc2ccccc2)cc1S(=O)(=O)Nc1c(C)cccc1C. The molecule has 7 nitrogen and oxygen atoms in total. The summed E-state index contributed by atoms with van der Waals surface area (Å²) in [5.74, 6) is 0.435. The molecule has 37 heavy (non-hydrogen) atoms. The maximum absolute atomic E-state index is 13.4. The van der Waals surface area contributed by atoms with Gasteiger partial charge in [0.15, 0.2) is 0 Å². The van der Waals surface area contributed by atoms with E-state index in [2.05, 4.69) is 15.0 Å². The van der Waals surface area contributed by atoms with Gasteiger partial charge >= 0.3 is 0 Å². The summed E-state index contributed by atoms with van der Waals surface area (Å²) in [7, 11) is -2.61. The molecule has 1 aromatic heterocycles. The van der Waals surface area contributed by atoms with Gasteiger partial charge in [-0.25, -0.2) is 13.4 Å². The van der Waals surface area contributed by atoms with Crippen molar-refractivity contribution in [2.45, 2.75) is 29.5 Å². The van der Waals surface area contributed by atoms with E-state index in [0.29, 0.717) is 27.7 Å². The summed E-state index contributed by atoms with van der Waals surface area (Å²) >= 11 is 1.46. The predicted molar refractivity (Wildman–Crippen MR) is 148 cm³/mol. The van der Waals surface area contributed by atoms with Crippen LogP contribution in [0.15, 0.2) is 95.0 Å². The molecule has 0 fully saturated rings. The molecular formula is C28H27N3O4S2. The molecule has 1 amide bonds. The zero-order valence-corrected chi connectivity index (χ0v) is 22.3. The summed E-state index contributed by atoms with van der Waals surface area (Å²) < 4.78 is 34.7. The third kappa shape index (κ3) is 6.31. The van der Waals surface area contributed by atoms with Crippen LogP contribution < -0.4 is 14.8 Å². The van der Waals surface area contributed by atoms with E-state index in [1.807, 2.05) is 62.4 Å². The first-order valence-electron chi connectivity index (χ1n) is 11.5. The molecule has 0 saturated carbocycles. The van der Waals surface area contributed by atoms with Crippen LogP contribution in [0.3, 0.4) is 0 Å². The van der Waals surface area contributed by atoms with Gasteiger partial charge in [0.2, 0.25) is 0 Å². The lowest BCUT2D eigenvalue weighted by Crippen LogP contribution is -2.17. The van der Waals surface area contributed by atoms with Crippen molar-refractivity contribution in [1.82, 2.24) is 4.98 Å². The number of nitrogens with zero attached hydrogens (tertiary/aromatic N) is 1. The normalized spacial score (nSPS) is 11.1. The molecule has 0 atom stereocenters. The average Bonchev–Trinajstić information content (AvgIpc) is 2.90. The zero-order chi connectivity index (χ0) is 26.4. The average molecular weight is 534 g/mol. The monoisotopic (exact) mass is 533 g/mol. The quantitative estimate of drug-likeness (QED) is 0.254. The number of benzene rings is 3. The molecule has 3 aromatic carbocycles. The number of pyridine rings is 1. The number of carbonyl (C=O) groups is 1. The highest BCUT2D eigenvalue weighted by atomic mass is 32.2. The lowest BCUT2D eigenvalue weighted by atomic mass is 10.1. The second kappa shape index (κ2) is 11.5. The number of ether oxygens (including phenoxy) is 1. The van der Waals surface area contributed by atoms with Gasteiger partial charge in [-0.1, -0.05) is 48.5 Å². The summed E-state index contributed by atoms with van der Waals surface area (Å²) in [6.07, 6.45) is 1.64. The minimum atomic E-state index is -4.01. The van der Waals surface area contributed by atoms with Crippen LogP contribution >= 0.6 is 11.8 Å². The Kier molecular flexibility index (Phi) is 8.15. The first kappa shape index (κ1) is 26.2. The standard InChI is InChI=1S/C28H27N3O4S2/c1-19-9-7-10-20(2)26(19)31-37(33,34)25-17-22(14-15-24(25)35-3)30-27(32)23-13-8-16-29-28(23)36-18-21-11-5-4-6-12-21/h4-17,31H,18H2,1-3H3,(H,30,32). The lowest BCUT2D eigenvalue weighted by molar-refractivity contribution is 0.102. The molecule has 190 valence electrons. The van der Waals surface area contributed by atoms with Gasteiger partial charge in [0, 0.05) is 17.6 Å². The number of nitrogens with one attached hydrogen (secondary N) is 2. The molecule has 4 rings (SSSR count). The summed E-state index contributed by atoms with van der Waals surface area (Å²) in [6.45, 7) is 3.67.